The van der Waals surface area contributed by atoms with Crippen molar-refractivity contribution < 1.29 is 0 Å². The molecule has 0 bridgehead atoms. The van der Waals surface area contributed by atoms with Gasteiger partial charge in [0.05, 0.1) is 16.6 Å². The standard InChI is InChI=1S/C16H19N5/c17-9-12-10-19-15-14(12)13(3-7-18-15)21-8-5-16(11-21)4-1-2-6-20-16/h3,7,10,20H,1-2,4-6,8,11H2,(H,18,19). The predicted molar refractivity (Wildman–Crippen MR) is 82.2 cm³/mol. The van der Waals surface area contributed by atoms with Crippen molar-refractivity contribution in [3.8, 4) is 6.07 Å². The number of anilines is 1. The summed E-state index contributed by atoms with van der Waals surface area (Å²) in [5, 5.41) is 14.0. The van der Waals surface area contributed by atoms with Gasteiger partial charge in [0, 0.05) is 31.0 Å². The molecule has 2 aliphatic heterocycles. The number of nitrogens with one attached hydrogen (secondary N) is 2. The average molecular weight is 281 g/mol. The fourth-order valence-corrected chi connectivity index (χ4v) is 3.85. The normalized spacial score (nSPS) is 25.6. The number of rotatable bonds is 1. The highest BCUT2D eigenvalue weighted by Crippen LogP contribution is 2.36. The number of piperidine rings is 1. The molecule has 5 nitrogen and oxygen atoms in total. The molecular formula is C16H19N5. The number of hydrogen-bond donors (Lipinski definition) is 2. The number of hydrogen-bond acceptors (Lipinski definition) is 4. The van der Waals surface area contributed by atoms with Gasteiger partial charge in [-0.05, 0) is 31.9 Å². The van der Waals surface area contributed by atoms with Crippen LogP contribution in [0, 0.1) is 11.3 Å². The summed E-state index contributed by atoms with van der Waals surface area (Å²) in [6, 6.07) is 4.31. The SMILES string of the molecule is N#Cc1c[nH]c2nccc(N3CCC4(CCCCN4)C3)c12. The van der Waals surface area contributed by atoms with E-state index in [1.165, 1.54) is 25.7 Å². The molecule has 2 fully saturated rings. The van der Waals surface area contributed by atoms with Crippen LogP contribution in [0.15, 0.2) is 18.5 Å². The Morgan fingerprint density at radius 1 is 1.33 bits per heavy atom. The number of H-pyrrole nitrogens is 1. The molecule has 21 heavy (non-hydrogen) atoms. The predicted octanol–water partition coefficient (Wildman–Crippen LogP) is 2.16. The van der Waals surface area contributed by atoms with Gasteiger partial charge < -0.3 is 15.2 Å². The van der Waals surface area contributed by atoms with Crippen molar-refractivity contribution in [1.29, 1.82) is 5.26 Å². The van der Waals surface area contributed by atoms with E-state index in [0.29, 0.717) is 5.56 Å². The first-order valence-electron chi connectivity index (χ1n) is 7.68. The lowest BCUT2D eigenvalue weighted by Crippen LogP contribution is -2.50. The topological polar surface area (TPSA) is 67.7 Å². The highest BCUT2D eigenvalue weighted by Gasteiger charge is 2.39. The summed E-state index contributed by atoms with van der Waals surface area (Å²) in [6.45, 7) is 3.21. The van der Waals surface area contributed by atoms with Gasteiger partial charge in [-0.15, -0.1) is 0 Å². The van der Waals surface area contributed by atoms with Gasteiger partial charge >= 0.3 is 0 Å². The first-order chi connectivity index (χ1) is 10.3. The van der Waals surface area contributed by atoms with Crippen LogP contribution in [0.5, 0.6) is 0 Å². The third kappa shape index (κ3) is 1.98. The molecule has 4 rings (SSSR count). The van der Waals surface area contributed by atoms with E-state index < -0.39 is 0 Å². The Balaban J connectivity index is 1.71. The Morgan fingerprint density at radius 3 is 3.10 bits per heavy atom. The van der Waals surface area contributed by atoms with E-state index in [-0.39, 0.29) is 5.54 Å². The van der Waals surface area contributed by atoms with Gasteiger partial charge in [-0.2, -0.15) is 5.26 Å². The Kier molecular flexibility index (Phi) is 2.86. The van der Waals surface area contributed by atoms with Crippen molar-refractivity contribution in [2.75, 3.05) is 24.5 Å². The summed E-state index contributed by atoms with van der Waals surface area (Å²) in [4.78, 5) is 9.85. The minimum atomic E-state index is 0.275. The van der Waals surface area contributed by atoms with E-state index in [4.69, 9.17) is 0 Å². The van der Waals surface area contributed by atoms with Crippen molar-refractivity contribution >= 4 is 16.7 Å². The number of aromatic nitrogens is 2. The lowest BCUT2D eigenvalue weighted by Gasteiger charge is -2.35. The minimum absolute atomic E-state index is 0.275. The molecule has 1 spiro atoms. The molecule has 0 aliphatic carbocycles. The van der Waals surface area contributed by atoms with Crippen molar-refractivity contribution in [2.45, 2.75) is 31.2 Å². The summed E-state index contributed by atoms with van der Waals surface area (Å²) in [6.07, 6.45) is 8.64. The Labute approximate surface area is 124 Å². The highest BCUT2D eigenvalue weighted by molar-refractivity contribution is 5.95. The van der Waals surface area contributed by atoms with Crippen molar-refractivity contribution in [3.63, 3.8) is 0 Å². The van der Waals surface area contributed by atoms with Crippen LogP contribution in [-0.4, -0.2) is 35.1 Å². The van der Waals surface area contributed by atoms with E-state index in [0.717, 1.165) is 36.4 Å². The van der Waals surface area contributed by atoms with Crippen molar-refractivity contribution in [2.24, 2.45) is 0 Å². The van der Waals surface area contributed by atoms with Crippen LogP contribution in [0.3, 0.4) is 0 Å². The molecule has 1 atom stereocenters. The van der Waals surface area contributed by atoms with Crippen LogP contribution in [0.25, 0.3) is 11.0 Å². The van der Waals surface area contributed by atoms with Gasteiger partial charge in [0.2, 0.25) is 0 Å². The summed E-state index contributed by atoms with van der Waals surface area (Å²) in [7, 11) is 0. The van der Waals surface area contributed by atoms with Gasteiger partial charge in [-0.25, -0.2) is 4.98 Å². The zero-order chi connectivity index (χ0) is 14.3. The largest absolute Gasteiger partial charge is 0.369 e. The van der Waals surface area contributed by atoms with Crippen LogP contribution in [-0.2, 0) is 0 Å². The van der Waals surface area contributed by atoms with E-state index in [2.05, 4.69) is 26.3 Å². The number of nitrogens with zero attached hydrogens (tertiary/aromatic N) is 3. The zero-order valence-corrected chi connectivity index (χ0v) is 12.0. The third-order valence-corrected chi connectivity index (χ3v) is 4.95. The molecule has 108 valence electrons. The summed E-state index contributed by atoms with van der Waals surface area (Å²) in [5.41, 5.74) is 2.91. The van der Waals surface area contributed by atoms with Gasteiger partial charge in [-0.1, -0.05) is 6.42 Å². The van der Waals surface area contributed by atoms with Crippen molar-refractivity contribution in [3.05, 3.63) is 24.0 Å². The Morgan fingerprint density at radius 2 is 2.29 bits per heavy atom. The summed E-state index contributed by atoms with van der Waals surface area (Å²) < 4.78 is 0. The molecule has 1 unspecified atom stereocenters. The molecule has 2 aromatic heterocycles. The molecule has 5 heteroatoms. The van der Waals surface area contributed by atoms with Gasteiger partial charge in [0.25, 0.3) is 0 Å². The van der Waals surface area contributed by atoms with E-state index >= 15 is 0 Å². The summed E-state index contributed by atoms with van der Waals surface area (Å²) in [5.74, 6) is 0. The maximum absolute atomic E-state index is 9.31. The second kappa shape index (κ2) is 4.74. The smallest absolute Gasteiger partial charge is 0.140 e. The van der Waals surface area contributed by atoms with Crippen LogP contribution in [0.1, 0.15) is 31.2 Å². The first-order valence-corrected chi connectivity index (χ1v) is 7.68. The number of nitriles is 1. The number of pyridine rings is 1. The highest BCUT2D eigenvalue weighted by atomic mass is 15.2. The molecule has 0 radical (unpaired) electrons. The molecule has 2 aliphatic rings. The minimum Gasteiger partial charge on any atom is -0.369 e. The van der Waals surface area contributed by atoms with E-state index in [9.17, 15) is 5.26 Å². The maximum Gasteiger partial charge on any atom is 0.140 e. The molecule has 0 aromatic carbocycles. The molecule has 2 N–H and O–H groups in total. The Hall–Kier alpha value is -2.06. The lowest BCUT2D eigenvalue weighted by molar-refractivity contribution is 0.280. The van der Waals surface area contributed by atoms with Gasteiger partial charge in [0.1, 0.15) is 11.7 Å². The van der Waals surface area contributed by atoms with E-state index in [1.54, 1.807) is 6.20 Å². The number of aromatic amines is 1. The number of fused-ring (bicyclic) bond motifs is 1. The summed E-state index contributed by atoms with van der Waals surface area (Å²) >= 11 is 0. The fraction of sp³-hybridized carbons (Fsp3) is 0.500. The van der Waals surface area contributed by atoms with Crippen LogP contribution < -0.4 is 10.2 Å². The first kappa shape index (κ1) is 12.7. The fourth-order valence-electron chi connectivity index (χ4n) is 3.85. The quantitative estimate of drug-likeness (QED) is 0.840. The molecule has 2 saturated heterocycles. The molecular weight excluding hydrogens is 262 g/mol. The molecule has 0 amide bonds. The van der Waals surface area contributed by atoms with Gasteiger partial charge in [0.15, 0.2) is 0 Å². The van der Waals surface area contributed by atoms with Crippen LogP contribution >= 0.6 is 0 Å². The second-order valence-corrected chi connectivity index (χ2v) is 6.20. The van der Waals surface area contributed by atoms with Crippen LogP contribution in [0.4, 0.5) is 5.69 Å². The monoisotopic (exact) mass is 281 g/mol. The molecule has 2 aromatic rings. The second-order valence-electron chi connectivity index (χ2n) is 6.20. The average Bonchev–Trinajstić information content (AvgIpc) is 3.12. The van der Waals surface area contributed by atoms with E-state index in [1.807, 2.05) is 12.3 Å². The maximum atomic E-state index is 9.31. The molecule has 4 heterocycles. The third-order valence-electron chi connectivity index (χ3n) is 4.95. The lowest BCUT2D eigenvalue weighted by atomic mass is 9.88. The zero-order valence-electron chi connectivity index (χ0n) is 12.0. The van der Waals surface area contributed by atoms with Gasteiger partial charge in [-0.3, -0.25) is 0 Å². The van der Waals surface area contributed by atoms with Crippen molar-refractivity contribution in [1.82, 2.24) is 15.3 Å². The molecule has 0 saturated carbocycles. The van der Waals surface area contributed by atoms with Crippen LogP contribution in [0.2, 0.25) is 0 Å². The Bertz CT molecular complexity index is 705.